The Labute approximate surface area is 162 Å². The summed E-state index contributed by atoms with van der Waals surface area (Å²) in [6, 6.07) is 5.95. The van der Waals surface area contributed by atoms with Crippen molar-refractivity contribution >= 4 is 33.1 Å². The molecule has 0 radical (unpaired) electrons. The Kier molecular flexibility index (Phi) is 5.07. The van der Waals surface area contributed by atoms with Crippen LogP contribution in [0.2, 0.25) is 0 Å². The van der Waals surface area contributed by atoms with Gasteiger partial charge >= 0.3 is 0 Å². The van der Waals surface area contributed by atoms with Gasteiger partial charge in [0.1, 0.15) is 11.2 Å². The molecule has 1 aromatic carbocycles. The highest BCUT2D eigenvalue weighted by molar-refractivity contribution is 7.18. The number of nitrogens with zero attached hydrogens (tertiary/aromatic N) is 2. The second-order valence-electron chi connectivity index (χ2n) is 7.08. The van der Waals surface area contributed by atoms with Gasteiger partial charge in [0.25, 0.3) is 5.91 Å². The van der Waals surface area contributed by atoms with Crippen LogP contribution in [0, 0.1) is 13.8 Å². The van der Waals surface area contributed by atoms with E-state index in [1.54, 1.807) is 11.3 Å². The average Bonchev–Trinajstić information content (AvgIpc) is 2.84. The molecule has 3 aromatic rings. The van der Waals surface area contributed by atoms with E-state index in [1.165, 1.54) is 41.6 Å². The molecule has 2 aromatic heterocycles. The molecular weight excluding hydrogens is 358 g/mol. The maximum atomic E-state index is 12.4. The van der Waals surface area contributed by atoms with Gasteiger partial charge in [-0.2, -0.15) is 0 Å². The fourth-order valence-corrected chi connectivity index (χ4v) is 4.84. The van der Waals surface area contributed by atoms with E-state index in [2.05, 4.69) is 15.3 Å². The van der Waals surface area contributed by atoms with Crippen LogP contribution in [0.5, 0.6) is 5.88 Å². The van der Waals surface area contributed by atoms with E-state index in [1.807, 2.05) is 32.0 Å². The summed E-state index contributed by atoms with van der Waals surface area (Å²) in [5.74, 6) is 0.338. The van der Waals surface area contributed by atoms with E-state index >= 15 is 0 Å². The number of rotatable bonds is 4. The van der Waals surface area contributed by atoms with E-state index in [4.69, 9.17) is 4.74 Å². The average molecular weight is 382 g/mol. The number of nitrogens with one attached hydrogen (secondary N) is 1. The van der Waals surface area contributed by atoms with E-state index in [9.17, 15) is 4.79 Å². The Balaban J connectivity index is 1.52. The number of hydrogen-bond acceptors (Lipinski definition) is 5. The number of aryl methyl sites for hydroxylation is 4. The number of benzene rings is 1. The van der Waals surface area contributed by atoms with Crippen molar-refractivity contribution in [1.82, 2.24) is 9.97 Å². The van der Waals surface area contributed by atoms with Crippen LogP contribution in [0.15, 0.2) is 24.5 Å². The Bertz CT molecular complexity index is 997. The van der Waals surface area contributed by atoms with E-state index in [0.29, 0.717) is 5.88 Å². The number of fused-ring (bicyclic) bond motifs is 3. The predicted octanol–water partition coefficient (Wildman–Crippen LogP) is 4.59. The number of thiophene rings is 1. The van der Waals surface area contributed by atoms with Crippen molar-refractivity contribution in [3.63, 3.8) is 0 Å². The van der Waals surface area contributed by atoms with Crippen LogP contribution >= 0.6 is 11.3 Å². The van der Waals surface area contributed by atoms with Crippen molar-refractivity contribution in [2.24, 2.45) is 0 Å². The molecule has 1 aliphatic rings. The van der Waals surface area contributed by atoms with Crippen LogP contribution in [0.25, 0.3) is 10.2 Å². The maximum Gasteiger partial charge on any atom is 0.262 e. The lowest BCUT2D eigenvalue weighted by molar-refractivity contribution is -0.118. The van der Waals surface area contributed by atoms with Crippen LogP contribution < -0.4 is 10.1 Å². The summed E-state index contributed by atoms with van der Waals surface area (Å²) in [6.07, 6.45) is 7.32. The first-order valence-corrected chi connectivity index (χ1v) is 10.2. The summed E-state index contributed by atoms with van der Waals surface area (Å²) in [5, 5.41) is 3.92. The zero-order valence-corrected chi connectivity index (χ0v) is 16.5. The molecule has 0 atom stereocenters. The van der Waals surface area contributed by atoms with Crippen molar-refractivity contribution in [3.8, 4) is 5.88 Å². The zero-order valence-electron chi connectivity index (χ0n) is 15.7. The number of ether oxygens (including phenoxy) is 1. The van der Waals surface area contributed by atoms with E-state index in [0.717, 1.165) is 34.3 Å². The van der Waals surface area contributed by atoms with Gasteiger partial charge in [0.2, 0.25) is 5.88 Å². The second-order valence-corrected chi connectivity index (χ2v) is 8.16. The minimum Gasteiger partial charge on any atom is -0.467 e. The van der Waals surface area contributed by atoms with Crippen LogP contribution in [0.1, 0.15) is 40.8 Å². The van der Waals surface area contributed by atoms with Crippen molar-refractivity contribution < 1.29 is 9.53 Å². The van der Waals surface area contributed by atoms with Gasteiger partial charge in [-0.05, 0) is 56.7 Å². The summed E-state index contributed by atoms with van der Waals surface area (Å²) in [7, 11) is 0. The zero-order chi connectivity index (χ0) is 18.8. The molecule has 0 saturated carbocycles. The third-order valence-corrected chi connectivity index (χ3v) is 6.16. The molecule has 27 heavy (non-hydrogen) atoms. The number of carbonyl (C=O) groups excluding carboxylic acids is 1. The Morgan fingerprint density at radius 3 is 2.89 bits per heavy atom. The standard InChI is InChI=1S/C21H23N3O2S/c1-13-8-9-16(14(2)10-13)24-18(25)11-26-20-19-15-6-4-3-5-7-17(15)27-21(19)23-12-22-20/h8-10,12H,3-7,11H2,1-2H3,(H,24,25). The third kappa shape index (κ3) is 3.81. The fraction of sp³-hybridized carbons (Fsp3) is 0.381. The van der Waals surface area contributed by atoms with Crippen molar-refractivity contribution in [3.05, 3.63) is 46.1 Å². The van der Waals surface area contributed by atoms with Crippen LogP contribution in [0.3, 0.4) is 0 Å². The van der Waals surface area contributed by atoms with Gasteiger partial charge in [0, 0.05) is 10.6 Å². The number of carbonyl (C=O) groups is 1. The monoisotopic (exact) mass is 381 g/mol. The van der Waals surface area contributed by atoms with Crippen LogP contribution in [-0.4, -0.2) is 22.5 Å². The van der Waals surface area contributed by atoms with E-state index < -0.39 is 0 Å². The lowest BCUT2D eigenvalue weighted by Crippen LogP contribution is -2.21. The third-order valence-electron chi connectivity index (χ3n) is 4.96. The quantitative estimate of drug-likeness (QED) is 0.671. The molecule has 0 spiro atoms. The van der Waals surface area contributed by atoms with Gasteiger partial charge in [-0.1, -0.05) is 24.1 Å². The smallest absolute Gasteiger partial charge is 0.262 e. The molecule has 5 nitrogen and oxygen atoms in total. The van der Waals surface area contributed by atoms with Crippen molar-refractivity contribution in [1.29, 1.82) is 0 Å². The van der Waals surface area contributed by atoms with Gasteiger partial charge in [-0.25, -0.2) is 9.97 Å². The molecule has 0 bridgehead atoms. The molecule has 1 amide bonds. The first-order valence-electron chi connectivity index (χ1n) is 9.37. The first-order chi connectivity index (χ1) is 13.1. The predicted molar refractivity (Wildman–Crippen MR) is 109 cm³/mol. The number of aromatic nitrogens is 2. The fourth-order valence-electron chi connectivity index (χ4n) is 3.62. The highest BCUT2D eigenvalue weighted by Crippen LogP contribution is 2.38. The molecule has 0 unspecified atom stereocenters. The van der Waals surface area contributed by atoms with Gasteiger partial charge in [-0.15, -0.1) is 11.3 Å². The van der Waals surface area contributed by atoms with E-state index in [-0.39, 0.29) is 12.5 Å². The maximum absolute atomic E-state index is 12.4. The Morgan fingerprint density at radius 2 is 2.04 bits per heavy atom. The van der Waals surface area contributed by atoms with Gasteiger partial charge in [0.05, 0.1) is 5.39 Å². The number of hydrogen-bond donors (Lipinski definition) is 1. The van der Waals surface area contributed by atoms with Gasteiger partial charge < -0.3 is 10.1 Å². The number of amides is 1. The molecule has 0 saturated heterocycles. The largest absolute Gasteiger partial charge is 0.467 e. The van der Waals surface area contributed by atoms with Crippen LogP contribution in [0.4, 0.5) is 5.69 Å². The molecule has 4 rings (SSSR count). The van der Waals surface area contributed by atoms with Gasteiger partial charge in [-0.3, -0.25) is 4.79 Å². The summed E-state index contributed by atoms with van der Waals surface area (Å²) in [5.41, 5.74) is 4.34. The van der Waals surface area contributed by atoms with Gasteiger partial charge in [0.15, 0.2) is 6.61 Å². The molecule has 1 aliphatic carbocycles. The first kappa shape index (κ1) is 17.9. The topological polar surface area (TPSA) is 64.1 Å². The highest BCUT2D eigenvalue weighted by atomic mass is 32.1. The molecule has 2 heterocycles. The summed E-state index contributed by atoms with van der Waals surface area (Å²) < 4.78 is 5.83. The molecular formula is C21H23N3O2S. The summed E-state index contributed by atoms with van der Waals surface area (Å²) in [4.78, 5) is 23.5. The SMILES string of the molecule is Cc1ccc(NC(=O)COc2ncnc3sc4c(c23)CCCCC4)c(C)c1. The molecule has 1 N–H and O–H groups in total. The second kappa shape index (κ2) is 7.64. The normalized spacial score (nSPS) is 13.9. The van der Waals surface area contributed by atoms with Crippen molar-refractivity contribution in [2.45, 2.75) is 46.0 Å². The lowest BCUT2D eigenvalue weighted by atomic mass is 10.1. The Hall–Kier alpha value is -2.47. The number of anilines is 1. The minimum absolute atomic E-state index is 0.0654. The van der Waals surface area contributed by atoms with Crippen LogP contribution in [-0.2, 0) is 17.6 Å². The highest BCUT2D eigenvalue weighted by Gasteiger charge is 2.20. The lowest BCUT2D eigenvalue weighted by Gasteiger charge is -2.10. The summed E-state index contributed by atoms with van der Waals surface area (Å²) >= 11 is 1.74. The molecule has 6 heteroatoms. The van der Waals surface area contributed by atoms with Crippen molar-refractivity contribution in [2.75, 3.05) is 11.9 Å². The Morgan fingerprint density at radius 1 is 1.19 bits per heavy atom. The molecule has 0 fully saturated rings. The summed E-state index contributed by atoms with van der Waals surface area (Å²) in [6.45, 7) is 3.95. The molecule has 0 aliphatic heterocycles. The molecule has 140 valence electrons. The minimum atomic E-state index is -0.185.